The van der Waals surface area contributed by atoms with E-state index < -0.39 is 9.84 Å². The van der Waals surface area contributed by atoms with Crippen molar-refractivity contribution in [3.05, 3.63) is 29.8 Å². The lowest BCUT2D eigenvalue weighted by Crippen LogP contribution is -2.39. The highest BCUT2D eigenvalue weighted by atomic mass is 32.2. The fourth-order valence-corrected chi connectivity index (χ4v) is 25.7. The molecule has 340 valence electrons. The summed E-state index contributed by atoms with van der Waals surface area (Å²) in [4.78, 5) is 0.525. The van der Waals surface area contributed by atoms with Gasteiger partial charge in [-0.2, -0.15) is 35.3 Å². The van der Waals surface area contributed by atoms with E-state index in [1.165, 1.54) is 103 Å². The van der Waals surface area contributed by atoms with Gasteiger partial charge < -0.3 is 0 Å². The second-order valence-electron chi connectivity index (χ2n) is 21.8. The summed E-state index contributed by atoms with van der Waals surface area (Å²) < 4.78 is 28.8. The fourth-order valence-electron chi connectivity index (χ4n) is 13.8. The molecule has 1 aromatic carbocycles. The molecule has 0 bridgehead atoms. The van der Waals surface area contributed by atoms with Crippen LogP contribution in [0.5, 0.6) is 0 Å². The highest BCUT2D eigenvalue weighted by molar-refractivity contribution is 8.17. The molecule has 2 nitrogen and oxygen atoms in total. The van der Waals surface area contributed by atoms with Crippen molar-refractivity contribution in [3.63, 3.8) is 0 Å². The molecule has 7 fully saturated rings. The first kappa shape index (κ1) is 47.4. The maximum absolute atomic E-state index is 14.0. The molecule has 0 N–H and O–H groups in total. The van der Waals surface area contributed by atoms with Gasteiger partial charge in [-0.25, -0.2) is 8.42 Å². The Balaban J connectivity index is 0.784. The summed E-state index contributed by atoms with van der Waals surface area (Å²) in [6, 6.07) is 7.63. The number of hydrogen-bond acceptors (Lipinski definition) is 7. The molecule has 0 radical (unpaired) electrons. The predicted molar refractivity (Wildman–Crippen MR) is 272 cm³/mol. The van der Waals surface area contributed by atoms with Gasteiger partial charge in [0.1, 0.15) is 0 Å². The lowest BCUT2D eigenvalue weighted by Gasteiger charge is -2.46. The number of benzene rings is 1. The van der Waals surface area contributed by atoms with E-state index in [2.05, 4.69) is 93.4 Å². The lowest BCUT2D eigenvalue weighted by atomic mass is 9.64. The molecule has 8 heteroatoms. The topological polar surface area (TPSA) is 34.1 Å². The molecule has 4 aliphatic carbocycles. The number of rotatable bonds is 19. The van der Waals surface area contributed by atoms with Gasteiger partial charge in [-0.05, 0) is 182 Å². The Morgan fingerprint density at radius 1 is 0.617 bits per heavy atom. The summed E-state index contributed by atoms with van der Waals surface area (Å²) in [5.74, 6) is 7.43. The first-order chi connectivity index (χ1) is 29.0. The molecule has 17 unspecified atom stereocenters. The van der Waals surface area contributed by atoms with E-state index in [4.69, 9.17) is 0 Å². The third kappa shape index (κ3) is 11.5. The zero-order chi connectivity index (χ0) is 42.0. The van der Waals surface area contributed by atoms with Crippen LogP contribution < -0.4 is 0 Å². The SMILES string of the molecule is CCCC(C)CCC1CCC(SC2CCC3CC4C(CC3C2)SC2C3CC5CC[C@H](SC(C)CCC(CCC(C)CCC)S(=O)(=O)c6ccc(C)cc6)CC5CC3SC42)S1. The molecule has 7 aliphatic rings. The zero-order valence-electron chi connectivity index (χ0n) is 38.5. The van der Waals surface area contributed by atoms with Crippen LogP contribution in [-0.4, -0.2) is 60.2 Å². The maximum atomic E-state index is 14.0. The second kappa shape index (κ2) is 21.7. The van der Waals surface area contributed by atoms with Gasteiger partial charge in [0.25, 0.3) is 0 Å². The fraction of sp³-hybridized carbons (Fsp3) is 0.885. The third-order valence-electron chi connectivity index (χ3n) is 17.2. The van der Waals surface area contributed by atoms with Crippen LogP contribution in [0.4, 0.5) is 0 Å². The van der Waals surface area contributed by atoms with E-state index in [9.17, 15) is 8.42 Å². The first-order valence-corrected chi connectivity index (χ1v) is 31.8. The molecule has 0 aromatic heterocycles. The number of sulfone groups is 1. The molecule has 60 heavy (non-hydrogen) atoms. The number of fused-ring (bicyclic) bond motifs is 7. The zero-order valence-corrected chi connectivity index (χ0v) is 43.4. The van der Waals surface area contributed by atoms with Crippen LogP contribution in [0.15, 0.2) is 29.2 Å². The average molecular weight is 934 g/mol. The number of aryl methyl sites for hydroxylation is 1. The highest BCUT2D eigenvalue weighted by Crippen LogP contribution is 2.66. The van der Waals surface area contributed by atoms with Gasteiger partial charge in [-0.3, -0.25) is 0 Å². The van der Waals surface area contributed by atoms with Crippen molar-refractivity contribution < 1.29 is 8.42 Å². The summed E-state index contributed by atoms with van der Waals surface area (Å²) in [6.45, 7) is 13.8. The Morgan fingerprint density at radius 3 is 1.83 bits per heavy atom. The van der Waals surface area contributed by atoms with E-state index in [1.807, 2.05) is 31.2 Å². The Bertz CT molecular complexity index is 1600. The van der Waals surface area contributed by atoms with Crippen molar-refractivity contribution in [2.24, 2.45) is 47.3 Å². The third-order valence-corrected chi connectivity index (χ3v) is 28.3. The predicted octanol–water partition coefficient (Wildman–Crippen LogP) is 15.8. The van der Waals surface area contributed by atoms with E-state index in [-0.39, 0.29) is 5.25 Å². The standard InChI is InChI=1S/C52H84O2S6/c1-7-9-33(3)11-18-41-21-26-50(56-41)57-43-20-17-38-30-47-49(32-40(38)28-43)59-51-46-29-37-16-19-42(27-39(37)31-48(46)58-52(47)51)55-36(6)15-25-45(22-12-34(4)10-8-2)60(53,54)44-23-13-35(5)14-24-44/h13-14,23-24,33-34,36-43,45-52H,7-12,15-22,25-32H2,1-6H3/t33?,34?,36?,37?,38?,39?,40?,41?,42-,43?,45?,46?,47?,48?,49?,50?,51?,52?/m0/s1. The molecule has 3 heterocycles. The molecule has 4 saturated carbocycles. The van der Waals surface area contributed by atoms with Crippen molar-refractivity contribution in [2.45, 2.75) is 240 Å². The van der Waals surface area contributed by atoms with E-state index in [1.54, 1.807) is 12.8 Å². The monoisotopic (exact) mass is 932 g/mol. The van der Waals surface area contributed by atoms with Gasteiger partial charge in [0.05, 0.1) is 14.7 Å². The number of thioether (sulfide) groups is 5. The molecular weight excluding hydrogens is 849 g/mol. The first-order valence-electron chi connectivity index (χ1n) is 25.5. The van der Waals surface area contributed by atoms with Crippen LogP contribution in [0.2, 0.25) is 0 Å². The van der Waals surface area contributed by atoms with Gasteiger partial charge in [0, 0.05) is 42.0 Å². The van der Waals surface area contributed by atoms with Crippen LogP contribution in [0.3, 0.4) is 0 Å². The lowest BCUT2D eigenvalue weighted by molar-refractivity contribution is 0.132. The normalized spacial score (nSPS) is 39.5. The molecule has 3 saturated heterocycles. The minimum Gasteiger partial charge on any atom is -0.223 e. The van der Waals surface area contributed by atoms with Crippen LogP contribution in [0.1, 0.15) is 181 Å². The van der Waals surface area contributed by atoms with Gasteiger partial charge in [0.15, 0.2) is 9.84 Å². The molecule has 18 atom stereocenters. The van der Waals surface area contributed by atoms with Crippen LogP contribution in [0.25, 0.3) is 0 Å². The van der Waals surface area contributed by atoms with E-state index in [0.717, 1.165) is 114 Å². The average Bonchev–Trinajstić information content (AvgIpc) is 3.92. The van der Waals surface area contributed by atoms with Gasteiger partial charge in [-0.15, -0.1) is 23.5 Å². The Morgan fingerprint density at radius 2 is 1.20 bits per heavy atom. The summed E-state index contributed by atoms with van der Waals surface area (Å²) in [7, 11) is -3.33. The van der Waals surface area contributed by atoms with Crippen molar-refractivity contribution in [1.29, 1.82) is 0 Å². The molecule has 1 aromatic rings. The van der Waals surface area contributed by atoms with Crippen LogP contribution >= 0.6 is 58.8 Å². The second-order valence-corrected chi connectivity index (χ2v) is 31.9. The van der Waals surface area contributed by atoms with Gasteiger partial charge >= 0.3 is 0 Å². The Hall–Kier alpha value is 0.920. The number of hydrogen-bond donors (Lipinski definition) is 0. The Labute approximate surface area is 390 Å². The van der Waals surface area contributed by atoms with Crippen LogP contribution in [0, 0.1) is 54.3 Å². The molecule has 3 aliphatic heterocycles. The molecule has 0 spiro atoms. The largest absolute Gasteiger partial charge is 0.223 e. The molecule has 0 amide bonds. The highest BCUT2D eigenvalue weighted by Gasteiger charge is 2.59. The van der Waals surface area contributed by atoms with E-state index in [0.29, 0.717) is 16.1 Å². The summed E-state index contributed by atoms with van der Waals surface area (Å²) in [6.07, 6.45) is 29.6. The van der Waals surface area contributed by atoms with Crippen LogP contribution in [-0.2, 0) is 9.84 Å². The smallest absolute Gasteiger partial charge is 0.181 e. The molecule has 8 rings (SSSR count). The summed E-state index contributed by atoms with van der Waals surface area (Å²) in [5, 5.41) is 6.69. The minimum absolute atomic E-state index is 0.267. The maximum Gasteiger partial charge on any atom is 0.181 e. The summed E-state index contributed by atoms with van der Waals surface area (Å²) in [5.41, 5.74) is 1.12. The van der Waals surface area contributed by atoms with Crippen molar-refractivity contribution in [1.82, 2.24) is 0 Å². The van der Waals surface area contributed by atoms with Crippen molar-refractivity contribution in [3.8, 4) is 0 Å². The van der Waals surface area contributed by atoms with E-state index >= 15 is 0 Å². The quantitative estimate of drug-likeness (QED) is 0.137. The molecular formula is C52H84O2S6. The Kier molecular flexibility index (Phi) is 17.1. The van der Waals surface area contributed by atoms with Gasteiger partial charge in [-0.1, -0.05) is 78.0 Å². The van der Waals surface area contributed by atoms with Gasteiger partial charge in [0.2, 0.25) is 0 Å². The van der Waals surface area contributed by atoms with Crippen molar-refractivity contribution in [2.75, 3.05) is 0 Å². The summed E-state index contributed by atoms with van der Waals surface area (Å²) >= 11 is 12.1. The van der Waals surface area contributed by atoms with Crippen molar-refractivity contribution >= 4 is 68.6 Å². The minimum atomic E-state index is -3.33.